The fourth-order valence-corrected chi connectivity index (χ4v) is 5.66. The summed E-state index contributed by atoms with van der Waals surface area (Å²) in [7, 11) is 0. The molecule has 0 unspecified atom stereocenters. The standard InChI is InChI=1S/C23H18N4O5/c28-22-18-12-7-8-13(9-12)19(18)23(29)26(22)16-5-2-4-15(11-16)21-24-20(25-32-21)14-3-1-6-17(10-14)27(30)31/h1-6,10-13,18-19H,7-9H2/t12-,13+,18+,19-. The zero-order chi connectivity index (χ0) is 22.0. The van der Waals surface area contributed by atoms with E-state index in [4.69, 9.17) is 4.52 Å². The van der Waals surface area contributed by atoms with E-state index in [0.29, 0.717) is 28.7 Å². The maximum absolute atomic E-state index is 13.1. The number of nitrogens with zero attached hydrogens (tertiary/aromatic N) is 4. The van der Waals surface area contributed by atoms with E-state index in [2.05, 4.69) is 10.1 Å². The molecule has 2 aliphatic carbocycles. The first-order valence-corrected chi connectivity index (χ1v) is 10.6. The molecular weight excluding hydrogens is 412 g/mol. The van der Waals surface area contributed by atoms with Gasteiger partial charge in [-0.15, -0.1) is 0 Å². The number of carbonyl (C=O) groups is 2. The van der Waals surface area contributed by atoms with Gasteiger partial charge in [-0.05, 0) is 49.3 Å². The number of amides is 2. The Kier molecular flexibility index (Phi) is 4.01. The zero-order valence-corrected chi connectivity index (χ0v) is 16.9. The smallest absolute Gasteiger partial charge is 0.270 e. The Bertz CT molecular complexity index is 1260. The lowest BCUT2D eigenvalue weighted by molar-refractivity contribution is -0.384. The number of nitro benzene ring substituents is 1. The van der Waals surface area contributed by atoms with E-state index in [1.54, 1.807) is 36.4 Å². The van der Waals surface area contributed by atoms with Crippen molar-refractivity contribution >= 4 is 23.2 Å². The Morgan fingerprint density at radius 2 is 1.66 bits per heavy atom. The third-order valence-corrected chi connectivity index (χ3v) is 7.02. The fourth-order valence-electron chi connectivity index (χ4n) is 5.66. The first kappa shape index (κ1) is 18.9. The number of hydrogen-bond acceptors (Lipinski definition) is 7. The van der Waals surface area contributed by atoms with Gasteiger partial charge in [0.1, 0.15) is 0 Å². The largest absolute Gasteiger partial charge is 0.334 e. The Hall–Kier alpha value is -3.88. The van der Waals surface area contributed by atoms with Crippen LogP contribution in [-0.2, 0) is 9.59 Å². The molecule has 2 bridgehead atoms. The zero-order valence-electron chi connectivity index (χ0n) is 16.9. The quantitative estimate of drug-likeness (QED) is 0.350. The van der Waals surface area contributed by atoms with Crippen molar-refractivity contribution in [3.05, 3.63) is 58.6 Å². The highest BCUT2D eigenvalue weighted by atomic mass is 16.6. The molecule has 1 aliphatic heterocycles. The summed E-state index contributed by atoms with van der Waals surface area (Å²) in [6.45, 7) is 0. The van der Waals surface area contributed by atoms with Crippen LogP contribution in [0.15, 0.2) is 53.1 Å². The van der Waals surface area contributed by atoms with Crippen molar-refractivity contribution in [1.29, 1.82) is 0 Å². The third kappa shape index (κ3) is 2.70. The van der Waals surface area contributed by atoms with Crippen LogP contribution in [0.5, 0.6) is 0 Å². The van der Waals surface area contributed by atoms with E-state index in [9.17, 15) is 19.7 Å². The lowest BCUT2D eigenvalue weighted by Crippen LogP contribution is -2.32. The minimum Gasteiger partial charge on any atom is -0.334 e. The van der Waals surface area contributed by atoms with Crippen molar-refractivity contribution in [1.82, 2.24) is 10.1 Å². The van der Waals surface area contributed by atoms with Gasteiger partial charge in [0, 0.05) is 23.3 Å². The van der Waals surface area contributed by atoms with Crippen LogP contribution in [0.3, 0.4) is 0 Å². The summed E-state index contributed by atoms with van der Waals surface area (Å²) >= 11 is 0. The molecule has 2 amide bonds. The van der Waals surface area contributed by atoms with E-state index < -0.39 is 4.92 Å². The van der Waals surface area contributed by atoms with Crippen molar-refractivity contribution in [2.45, 2.75) is 19.3 Å². The van der Waals surface area contributed by atoms with Crippen LogP contribution >= 0.6 is 0 Å². The minimum absolute atomic E-state index is 0.0681. The Labute approximate surface area is 182 Å². The van der Waals surface area contributed by atoms with Crippen LogP contribution in [0.1, 0.15) is 19.3 Å². The first-order valence-electron chi connectivity index (χ1n) is 10.6. The molecule has 3 aromatic rings. The summed E-state index contributed by atoms with van der Waals surface area (Å²) in [5.41, 5.74) is 1.45. The second-order valence-electron chi connectivity index (χ2n) is 8.68. The molecule has 9 heteroatoms. The van der Waals surface area contributed by atoms with Crippen molar-refractivity contribution in [2.75, 3.05) is 4.90 Å². The molecule has 2 saturated carbocycles. The topological polar surface area (TPSA) is 119 Å². The van der Waals surface area contributed by atoms with E-state index in [1.165, 1.54) is 17.0 Å². The number of rotatable bonds is 4. The van der Waals surface area contributed by atoms with Crippen molar-refractivity contribution in [3.8, 4) is 22.8 Å². The number of aromatic nitrogens is 2. The number of anilines is 1. The SMILES string of the molecule is O=C1[C@@H]2[C@H]3CC[C@H](C3)[C@@H]2C(=O)N1c1cccc(-c2nc(-c3cccc([N+](=O)[O-])c3)no2)c1. The fraction of sp³-hybridized carbons (Fsp3) is 0.304. The predicted molar refractivity (Wildman–Crippen MR) is 112 cm³/mol. The number of hydrogen-bond donors (Lipinski definition) is 0. The lowest BCUT2D eigenvalue weighted by Gasteiger charge is -2.19. The van der Waals surface area contributed by atoms with Crippen LogP contribution in [0.4, 0.5) is 11.4 Å². The van der Waals surface area contributed by atoms with E-state index >= 15 is 0 Å². The van der Waals surface area contributed by atoms with E-state index in [-0.39, 0.29) is 41.1 Å². The molecule has 0 N–H and O–H groups in total. The number of fused-ring (bicyclic) bond motifs is 5. The molecule has 1 aromatic heterocycles. The third-order valence-electron chi connectivity index (χ3n) is 7.02. The number of nitro groups is 1. The molecule has 0 spiro atoms. The van der Waals surface area contributed by atoms with Crippen molar-refractivity contribution in [3.63, 3.8) is 0 Å². The number of imide groups is 1. The van der Waals surface area contributed by atoms with Crippen molar-refractivity contribution in [2.24, 2.45) is 23.7 Å². The van der Waals surface area contributed by atoms with Crippen LogP contribution in [0.25, 0.3) is 22.8 Å². The molecule has 0 radical (unpaired) electrons. The van der Waals surface area contributed by atoms with Crippen LogP contribution < -0.4 is 4.90 Å². The molecule has 6 rings (SSSR count). The summed E-state index contributed by atoms with van der Waals surface area (Å²) in [6, 6.07) is 12.9. The van der Waals surface area contributed by atoms with Gasteiger partial charge in [0.15, 0.2) is 0 Å². The monoisotopic (exact) mass is 430 g/mol. The number of carbonyl (C=O) groups excluding carboxylic acids is 2. The summed E-state index contributed by atoms with van der Waals surface area (Å²) in [5.74, 6) is 0.481. The summed E-state index contributed by atoms with van der Waals surface area (Å²) < 4.78 is 5.38. The van der Waals surface area contributed by atoms with Gasteiger partial charge >= 0.3 is 0 Å². The second-order valence-corrected chi connectivity index (χ2v) is 8.68. The Morgan fingerprint density at radius 1 is 0.969 bits per heavy atom. The lowest BCUT2D eigenvalue weighted by atomic mass is 9.81. The van der Waals surface area contributed by atoms with Gasteiger partial charge in [0.05, 0.1) is 22.4 Å². The average molecular weight is 430 g/mol. The molecule has 2 aromatic carbocycles. The molecule has 2 heterocycles. The van der Waals surface area contributed by atoms with Gasteiger partial charge in [0.25, 0.3) is 11.6 Å². The summed E-state index contributed by atoms with van der Waals surface area (Å²) in [4.78, 5) is 42.4. The van der Waals surface area contributed by atoms with Crippen LogP contribution in [-0.4, -0.2) is 26.9 Å². The molecule has 9 nitrogen and oxygen atoms in total. The van der Waals surface area contributed by atoms with Gasteiger partial charge in [-0.3, -0.25) is 24.6 Å². The average Bonchev–Trinajstić information content (AvgIpc) is 3.58. The normalized spacial score (nSPS) is 26.1. The molecule has 1 saturated heterocycles. The summed E-state index contributed by atoms with van der Waals surface area (Å²) in [5, 5.41) is 15.0. The second kappa shape index (κ2) is 6.81. The van der Waals surface area contributed by atoms with Gasteiger partial charge in [-0.1, -0.05) is 23.4 Å². The molecule has 32 heavy (non-hydrogen) atoms. The molecule has 3 fully saturated rings. The Morgan fingerprint density at radius 3 is 2.38 bits per heavy atom. The molecule has 160 valence electrons. The Balaban J connectivity index is 1.31. The molecular formula is C23H18N4O5. The van der Waals surface area contributed by atoms with E-state index in [1.807, 2.05) is 0 Å². The van der Waals surface area contributed by atoms with Crippen LogP contribution in [0.2, 0.25) is 0 Å². The predicted octanol–water partition coefficient (Wildman–Crippen LogP) is 3.85. The van der Waals surface area contributed by atoms with Gasteiger partial charge in [-0.25, -0.2) is 0 Å². The van der Waals surface area contributed by atoms with Crippen molar-refractivity contribution < 1.29 is 19.0 Å². The molecule has 3 aliphatic rings. The van der Waals surface area contributed by atoms with Crippen LogP contribution in [0, 0.1) is 33.8 Å². The maximum atomic E-state index is 13.1. The van der Waals surface area contributed by atoms with E-state index in [0.717, 1.165) is 19.3 Å². The maximum Gasteiger partial charge on any atom is 0.270 e. The van der Waals surface area contributed by atoms with Gasteiger partial charge < -0.3 is 4.52 Å². The number of benzene rings is 2. The minimum atomic E-state index is -0.487. The highest BCUT2D eigenvalue weighted by molar-refractivity contribution is 6.22. The summed E-state index contributed by atoms with van der Waals surface area (Å²) in [6.07, 6.45) is 3.05. The molecule has 4 atom stereocenters. The number of non-ortho nitro benzene ring substituents is 1. The van der Waals surface area contributed by atoms with Gasteiger partial charge in [0.2, 0.25) is 17.6 Å². The van der Waals surface area contributed by atoms with Gasteiger partial charge in [-0.2, -0.15) is 4.98 Å². The first-order chi connectivity index (χ1) is 15.5. The highest BCUT2D eigenvalue weighted by Gasteiger charge is 2.61. The highest BCUT2D eigenvalue weighted by Crippen LogP contribution is 2.56.